The van der Waals surface area contributed by atoms with E-state index in [0.717, 1.165) is 17.5 Å². The predicted octanol–water partition coefficient (Wildman–Crippen LogP) is 5.40. The van der Waals surface area contributed by atoms with Gasteiger partial charge in [0.15, 0.2) is 0 Å². The summed E-state index contributed by atoms with van der Waals surface area (Å²) in [5.74, 6) is 0. The minimum absolute atomic E-state index is 0.0270. The Morgan fingerprint density at radius 2 is 1.56 bits per heavy atom. The van der Waals surface area contributed by atoms with Gasteiger partial charge in [0.25, 0.3) is 0 Å². The molecule has 4 amide bonds. The van der Waals surface area contributed by atoms with Gasteiger partial charge < -0.3 is 15.5 Å². The van der Waals surface area contributed by atoms with Gasteiger partial charge in [-0.3, -0.25) is 4.90 Å². The molecule has 4 rings (SSSR count). The average Bonchev–Trinajstić information content (AvgIpc) is 2.84. The SMILES string of the molecule is CC(c1ccccc1)N1CCCN(c2ccccc2NC(=O)NCc2ccccc2)C1=O. The monoisotopic (exact) mass is 428 g/mol. The molecule has 1 aliphatic heterocycles. The highest BCUT2D eigenvalue weighted by molar-refractivity contribution is 6.00. The van der Waals surface area contributed by atoms with Crippen LogP contribution in [0.3, 0.4) is 0 Å². The maximum atomic E-state index is 13.4. The number of para-hydroxylation sites is 2. The van der Waals surface area contributed by atoms with Crippen molar-refractivity contribution in [2.24, 2.45) is 0 Å². The van der Waals surface area contributed by atoms with E-state index in [2.05, 4.69) is 17.6 Å². The number of carbonyl (C=O) groups is 2. The molecular formula is C26H28N4O2. The number of urea groups is 2. The van der Waals surface area contributed by atoms with Gasteiger partial charge in [0, 0.05) is 19.6 Å². The van der Waals surface area contributed by atoms with E-state index >= 15 is 0 Å². The van der Waals surface area contributed by atoms with Crippen molar-refractivity contribution in [3.05, 3.63) is 96.1 Å². The molecule has 2 N–H and O–H groups in total. The zero-order valence-corrected chi connectivity index (χ0v) is 18.2. The molecule has 164 valence electrons. The van der Waals surface area contributed by atoms with Crippen molar-refractivity contribution in [2.45, 2.75) is 25.9 Å². The van der Waals surface area contributed by atoms with Gasteiger partial charge in [-0.1, -0.05) is 72.8 Å². The Hall–Kier alpha value is -3.80. The molecule has 6 heteroatoms. The van der Waals surface area contributed by atoms with Gasteiger partial charge in [-0.15, -0.1) is 0 Å². The van der Waals surface area contributed by atoms with Crippen LogP contribution in [0.15, 0.2) is 84.9 Å². The Labute approximate surface area is 188 Å². The number of benzene rings is 3. The van der Waals surface area contributed by atoms with E-state index in [1.54, 1.807) is 4.90 Å². The fraction of sp³-hybridized carbons (Fsp3) is 0.231. The maximum absolute atomic E-state index is 13.4. The van der Waals surface area contributed by atoms with Gasteiger partial charge in [0.1, 0.15) is 0 Å². The third-order valence-corrected chi connectivity index (χ3v) is 5.75. The standard InChI is InChI=1S/C26H28N4O2/c1-20(22-13-6-3-7-14-22)29-17-10-18-30(26(29)32)24-16-9-8-15-23(24)28-25(31)27-19-21-11-4-2-5-12-21/h2-9,11-16,20H,10,17-19H2,1H3,(H2,27,28,31). The zero-order chi connectivity index (χ0) is 22.3. The second-order valence-corrected chi connectivity index (χ2v) is 7.88. The minimum Gasteiger partial charge on any atom is -0.334 e. The van der Waals surface area contributed by atoms with Gasteiger partial charge in [-0.2, -0.15) is 0 Å². The van der Waals surface area contributed by atoms with Crippen LogP contribution in [-0.4, -0.2) is 30.1 Å². The number of nitrogens with zero attached hydrogens (tertiary/aromatic N) is 2. The number of nitrogens with one attached hydrogen (secondary N) is 2. The molecule has 1 fully saturated rings. The highest BCUT2D eigenvalue weighted by Gasteiger charge is 2.31. The van der Waals surface area contributed by atoms with Crippen LogP contribution in [0.5, 0.6) is 0 Å². The molecule has 1 aliphatic rings. The van der Waals surface area contributed by atoms with Crippen molar-refractivity contribution in [1.29, 1.82) is 0 Å². The van der Waals surface area contributed by atoms with E-state index in [4.69, 9.17) is 0 Å². The Bertz CT molecular complexity index is 1060. The summed E-state index contributed by atoms with van der Waals surface area (Å²) in [4.78, 5) is 29.6. The van der Waals surface area contributed by atoms with Gasteiger partial charge >= 0.3 is 12.1 Å². The molecule has 1 unspecified atom stereocenters. The van der Waals surface area contributed by atoms with Gasteiger partial charge in [-0.25, -0.2) is 9.59 Å². The molecule has 0 spiro atoms. The first-order valence-electron chi connectivity index (χ1n) is 10.9. The van der Waals surface area contributed by atoms with Crippen LogP contribution < -0.4 is 15.5 Å². The summed E-state index contributed by atoms with van der Waals surface area (Å²) in [6.45, 7) is 3.80. The number of anilines is 2. The summed E-state index contributed by atoms with van der Waals surface area (Å²) in [7, 11) is 0. The lowest BCUT2D eigenvalue weighted by molar-refractivity contribution is 0.175. The molecule has 0 aromatic heterocycles. The molecule has 0 radical (unpaired) electrons. The van der Waals surface area contributed by atoms with Crippen molar-refractivity contribution in [1.82, 2.24) is 10.2 Å². The fourth-order valence-corrected chi connectivity index (χ4v) is 4.00. The molecular weight excluding hydrogens is 400 g/mol. The molecule has 0 saturated carbocycles. The molecule has 0 aliphatic carbocycles. The van der Waals surface area contributed by atoms with Crippen molar-refractivity contribution in [2.75, 3.05) is 23.3 Å². The first-order chi connectivity index (χ1) is 15.6. The summed E-state index contributed by atoms with van der Waals surface area (Å²) in [6.07, 6.45) is 0.859. The largest absolute Gasteiger partial charge is 0.334 e. The molecule has 1 heterocycles. The van der Waals surface area contributed by atoms with E-state index in [1.165, 1.54) is 0 Å². The van der Waals surface area contributed by atoms with Crippen LogP contribution in [0.1, 0.15) is 30.5 Å². The van der Waals surface area contributed by atoms with E-state index < -0.39 is 0 Å². The van der Waals surface area contributed by atoms with Crippen molar-refractivity contribution >= 4 is 23.4 Å². The average molecular weight is 429 g/mol. The summed E-state index contributed by atoms with van der Waals surface area (Å²) < 4.78 is 0. The van der Waals surface area contributed by atoms with Gasteiger partial charge in [0.05, 0.1) is 17.4 Å². The van der Waals surface area contributed by atoms with Crippen LogP contribution in [-0.2, 0) is 6.54 Å². The minimum atomic E-state index is -0.305. The van der Waals surface area contributed by atoms with Crippen molar-refractivity contribution < 1.29 is 9.59 Å². The topological polar surface area (TPSA) is 64.7 Å². The zero-order valence-electron chi connectivity index (χ0n) is 18.2. The van der Waals surface area contributed by atoms with Crippen molar-refractivity contribution in [3.63, 3.8) is 0 Å². The third-order valence-electron chi connectivity index (χ3n) is 5.75. The van der Waals surface area contributed by atoms with Crippen LogP contribution in [0, 0.1) is 0 Å². The third kappa shape index (κ3) is 4.91. The highest BCUT2D eigenvalue weighted by atomic mass is 16.2. The van der Waals surface area contributed by atoms with E-state index in [1.807, 2.05) is 89.8 Å². The Morgan fingerprint density at radius 3 is 2.31 bits per heavy atom. The summed E-state index contributed by atoms with van der Waals surface area (Å²) >= 11 is 0. The van der Waals surface area contributed by atoms with E-state index in [9.17, 15) is 9.59 Å². The lowest BCUT2D eigenvalue weighted by Gasteiger charge is -2.39. The quantitative estimate of drug-likeness (QED) is 0.552. The number of amides is 4. The predicted molar refractivity (Wildman–Crippen MR) is 128 cm³/mol. The summed E-state index contributed by atoms with van der Waals surface area (Å²) in [6, 6.07) is 26.9. The lowest BCUT2D eigenvalue weighted by Crippen LogP contribution is -2.50. The van der Waals surface area contributed by atoms with Gasteiger partial charge in [0.2, 0.25) is 0 Å². The maximum Gasteiger partial charge on any atom is 0.325 e. The molecule has 1 atom stereocenters. The molecule has 3 aromatic carbocycles. The van der Waals surface area contributed by atoms with Crippen LogP contribution in [0.25, 0.3) is 0 Å². The Kier molecular flexibility index (Phi) is 6.70. The van der Waals surface area contributed by atoms with Crippen LogP contribution in [0.4, 0.5) is 21.0 Å². The first kappa shape index (κ1) is 21.4. The Morgan fingerprint density at radius 1 is 0.906 bits per heavy atom. The molecule has 6 nitrogen and oxygen atoms in total. The smallest absolute Gasteiger partial charge is 0.325 e. The molecule has 1 saturated heterocycles. The molecule has 32 heavy (non-hydrogen) atoms. The number of carbonyl (C=O) groups excluding carboxylic acids is 2. The van der Waals surface area contributed by atoms with Gasteiger partial charge in [-0.05, 0) is 36.6 Å². The number of rotatable bonds is 6. The molecule has 3 aromatic rings. The van der Waals surface area contributed by atoms with Crippen LogP contribution >= 0.6 is 0 Å². The second-order valence-electron chi connectivity index (χ2n) is 7.88. The fourth-order valence-electron chi connectivity index (χ4n) is 4.00. The normalized spacial score (nSPS) is 14.7. The lowest BCUT2D eigenvalue weighted by atomic mass is 10.1. The van der Waals surface area contributed by atoms with E-state index in [0.29, 0.717) is 31.0 Å². The number of hydrogen-bond donors (Lipinski definition) is 2. The Balaban J connectivity index is 1.47. The number of hydrogen-bond acceptors (Lipinski definition) is 2. The molecule has 0 bridgehead atoms. The second kappa shape index (κ2) is 10.0. The summed E-state index contributed by atoms with van der Waals surface area (Å²) in [5.41, 5.74) is 3.44. The summed E-state index contributed by atoms with van der Waals surface area (Å²) in [5, 5.41) is 5.79. The van der Waals surface area contributed by atoms with E-state index in [-0.39, 0.29) is 18.1 Å². The van der Waals surface area contributed by atoms with Crippen LogP contribution in [0.2, 0.25) is 0 Å². The first-order valence-corrected chi connectivity index (χ1v) is 10.9. The highest BCUT2D eigenvalue weighted by Crippen LogP contribution is 2.31. The van der Waals surface area contributed by atoms with Crippen molar-refractivity contribution in [3.8, 4) is 0 Å².